The van der Waals surface area contributed by atoms with Crippen molar-refractivity contribution in [2.24, 2.45) is 0 Å². The first-order chi connectivity index (χ1) is 11.0. The quantitative estimate of drug-likeness (QED) is 0.457. The number of amides is 1. The molecular weight excluding hydrogens is 340 g/mol. The highest BCUT2D eigenvalue weighted by atomic mass is 32.2. The second kappa shape index (κ2) is 7.70. The molecule has 1 aromatic rings. The van der Waals surface area contributed by atoms with Crippen LogP contribution in [0, 0.1) is 11.8 Å². The standard InChI is InChI=1S/C14H16N2O5S2/c1-2-3-8-21-11-4-6-12(7-5-11)23(19,20)16-10-22-9-13(16)14(17)15-18/h4-7,13,18H,8-10H2,1H3,(H,15,17). The van der Waals surface area contributed by atoms with E-state index in [2.05, 4.69) is 11.8 Å². The molecule has 1 unspecified atom stereocenters. The maximum Gasteiger partial charge on any atom is 0.262 e. The lowest BCUT2D eigenvalue weighted by molar-refractivity contribution is -0.132. The Labute approximate surface area is 139 Å². The highest BCUT2D eigenvalue weighted by Crippen LogP contribution is 2.29. The summed E-state index contributed by atoms with van der Waals surface area (Å²) in [5, 5.41) is 8.73. The van der Waals surface area contributed by atoms with Crippen LogP contribution in [-0.4, -0.2) is 48.1 Å². The molecule has 0 aliphatic carbocycles. The largest absolute Gasteiger partial charge is 0.481 e. The summed E-state index contributed by atoms with van der Waals surface area (Å²) in [4.78, 5) is 11.6. The van der Waals surface area contributed by atoms with Gasteiger partial charge in [-0.25, -0.2) is 13.9 Å². The van der Waals surface area contributed by atoms with E-state index in [0.29, 0.717) is 11.5 Å². The molecule has 23 heavy (non-hydrogen) atoms. The van der Waals surface area contributed by atoms with Crippen LogP contribution in [0.1, 0.15) is 6.92 Å². The number of ether oxygens (including phenoxy) is 1. The summed E-state index contributed by atoms with van der Waals surface area (Å²) < 4.78 is 31.7. The van der Waals surface area contributed by atoms with E-state index in [0.717, 1.165) is 4.31 Å². The van der Waals surface area contributed by atoms with Gasteiger partial charge >= 0.3 is 0 Å². The Kier molecular flexibility index (Phi) is 5.90. The van der Waals surface area contributed by atoms with Crippen molar-refractivity contribution in [3.8, 4) is 17.6 Å². The normalized spacial score (nSPS) is 18.1. The first kappa shape index (κ1) is 17.6. The Morgan fingerprint density at radius 2 is 2.17 bits per heavy atom. The number of rotatable bonds is 5. The van der Waals surface area contributed by atoms with Crippen molar-refractivity contribution >= 4 is 27.7 Å². The lowest BCUT2D eigenvalue weighted by Crippen LogP contribution is -2.46. The highest BCUT2D eigenvalue weighted by Gasteiger charge is 2.39. The molecule has 124 valence electrons. The summed E-state index contributed by atoms with van der Waals surface area (Å²) in [6.45, 7) is 1.93. The van der Waals surface area contributed by atoms with Gasteiger partial charge in [0.1, 0.15) is 18.4 Å². The van der Waals surface area contributed by atoms with Crippen LogP contribution in [0.3, 0.4) is 0 Å². The number of carbonyl (C=O) groups is 1. The molecule has 2 N–H and O–H groups in total. The summed E-state index contributed by atoms with van der Waals surface area (Å²) in [5.74, 6) is 5.65. The van der Waals surface area contributed by atoms with E-state index in [-0.39, 0.29) is 17.4 Å². The first-order valence-electron chi connectivity index (χ1n) is 6.66. The zero-order valence-corrected chi connectivity index (χ0v) is 14.0. The zero-order valence-electron chi connectivity index (χ0n) is 12.4. The number of hydroxylamine groups is 1. The molecule has 0 saturated carbocycles. The Balaban J connectivity index is 2.18. The monoisotopic (exact) mass is 356 g/mol. The molecule has 2 rings (SSSR count). The fraction of sp³-hybridized carbons (Fsp3) is 0.357. The van der Waals surface area contributed by atoms with Crippen LogP contribution in [0.4, 0.5) is 0 Å². The maximum atomic E-state index is 12.6. The third-order valence-corrected chi connectivity index (χ3v) is 6.22. The van der Waals surface area contributed by atoms with Crippen LogP contribution >= 0.6 is 11.8 Å². The van der Waals surface area contributed by atoms with Gasteiger partial charge in [-0.1, -0.05) is 5.92 Å². The summed E-state index contributed by atoms with van der Waals surface area (Å²) in [7, 11) is -3.83. The third-order valence-electron chi connectivity index (χ3n) is 3.17. The molecule has 1 amide bonds. The van der Waals surface area contributed by atoms with Gasteiger partial charge in [0, 0.05) is 5.75 Å². The minimum absolute atomic E-state index is 0.0599. The second-order valence-corrected chi connectivity index (χ2v) is 7.46. The predicted octanol–water partition coefficient (Wildman–Crippen LogP) is 0.658. The SMILES string of the molecule is CC#CCOc1ccc(S(=O)(=O)N2CSCC2C(=O)NO)cc1. The van der Waals surface area contributed by atoms with Crippen LogP contribution in [0.15, 0.2) is 29.2 Å². The number of nitrogens with zero attached hydrogens (tertiary/aromatic N) is 1. The minimum atomic E-state index is -3.83. The zero-order chi connectivity index (χ0) is 16.9. The summed E-state index contributed by atoms with van der Waals surface area (Å²) >= 11 is 1.31. The van der Waals surface area contributed by atoms with E-state index < -0.39 is 22.0 Å². The maximum absolute atomic E-state index is 12.6. The molecule has 7 nitrogen and oxygen atoms in total. The average molecular weight is 356 g/mol. The van der Waals surface area contributed by atoms with Gasteiger partial charge in [0.25, 0.3) is 5.91 Å². The van der Waals surface area contributed by atoms with Crippen molar-refractivity contribution in [2.45, 2.75) is 17.9 Å². The first-order valence-corrected chi connectivity index (χ1v) is 9.26. The molecule has 0 aromatic heterocycles. The smallest absolute Gasteiger partial charge is 0.262 e. The van der Waals surface area contributed by atoms with Gasteiger partial charge in [-0.15, -0.1) is 17.7 Å². The summed E-state index contributed by atoms with van der Waals surface area (Å²) in [6, 6.07) is 4.98. The van der Waals surface area contributed by atoms with Gasteiger partial charge in [0.05, 0.1) is 10.8 Å². The molecule has 1 aromatic carbocycles. The van der Waals surface area contributed by atoms with Gasteiger partial charge in [-0.05, 0) is 31.2 Å². The molecule has 0 bridgehead atoms. The van der Waals surface area contributed by atoms with Gasteiger partial charge in [-0.2, -0.15) is 4.31 Å². The number of benzene rings is 1. The number of nitrogens with one attached hydrogen (secondary N) is 1. The number of hydrogen-bond acceptors (Lipinski definition) is 6. The fourth-order valence-electron chi connectivity index (χ4n) is 1.98. The topological polar surface area (TPSA) is 95.9 Å². The molecule has 1 aliphatic rings. The predicted molar refractivity (Wildman–Crippen MR) is 85.5 cm³/mol. The van der Waals surface area contributed by atoms with Crippen LogP contribution in [0.2, 0.25) is 0 Å². The van der Waals surface area contributed by atoms with Gasteiger partial charge in [0.2, 0.25) is 10.0 Å². The summed E-state index contributed by atoms with van der Waals surface area (Å²) in [5.41, 5.74) is 1.51. The van der Waals surface area contributed by atoms with E-state index in [1.54, 1.807) is 6.92 Å². The number of carbonyl (C=O) groups excluding carboxylic acids is 1. The minimum Gasteiger partial charge on any atom is -0.481 e. The molecule has 0 radical (unpaired) electrons. The number of thioether (sulfide) groups is 1. The average Bonchev–Trinajstić information content (AvgIpc) is 3.05. The van der Waals surface area contributed by atoms with Crippen molar-refractivity contribution in [3.63, 3.8) is 0 Å². The molecule has 1 saturated heterocycles. The lowest BCUT2D eigenvalue weighted by atomic mass is 10.3. The molecule has 1 fully saturated rings. The van der Waals surface area contributed by atoms with E-state index in [4.69, 9.17) is 9.94 Å². The fourth-order valence-corrected chi connectivity index (χ4v) is 5.13. The van der Waals surface area contributed by atoms with Crippen LogP contribution in [0.5, 0.6) is 5.75 Å². The molecule has 1 atom stereocenters. The van der Waals surface area contributed by atoms with Gasteiger partial charge < -0.3 is 4.74 Å². The van der Waals surface area contributed by atoms with Gasteiger partial charge in [0.15, 0.2) is 0 Å². The Hall–Kier alpha value is -1.73. The van der Waals surface area contributed by atoms with Crippen molar-refractivity contribution in [2.75, 3.05) is 18.2 Å². The van der Waals surface area contributed by atoms with Crippen LogP contribution in [-0.2, 0) is 14.8 Å². The van der Waals surface area contributed by atoms with Crippen molar-refractivity contribution in [1.29, 1.82) is 0 Å². The van der Waals surface area contributed by atoms with Crippen LogP contribution < -0.4 is 10.2 Å². The third kappa shape index (κ3) is 3.97. The second-order valence-electron chi connectivity index (χ2n) is 4.57. The van der Waals surface area contributed by atoms with Crippen molar-refractivity contribution in [1.82, 2.24) is 9.79 Å². The lowest BCUT2D eigenvalue weighted by Gasteiger charge is -2.21. The number of hydrogen-bond donors (Lipinski definition) is 2. The Bertz CT molecular complexity index is 722. The van der Waals surface area contributed by atoms with E-state index in [1.165, 1.54) is 41.5 Å². The highest BCUT2D eigenvalue weighted by molar-refractivity contribution is 8.00. The van der Waals surface area contributed by atoms with E-state index in [9.17, 15) is 13.2 Å². The molecule has 1 aliphatic heterocycles. The van der Waals surface area contributed by atoms with Crippen molar-refractivity contribution in [3.05, 3.63) is 24.3 Å². The molecule has 9 heteroatoms. The summed E-state index contributed by atoms with van der Waals surface area (Å²) in [6.07, 6.45) is 0. The van der Waals surface area contributed by atoms with E-state index in [1.807, 2.05) is 0 Å². The van der Waals surface area contributed by atoms with Crippen molar-refractivity contribution < 1.29 is 23.2 Å². The molecule has 1 heterocycles. The van der Waals surface area contributed by atoms with E-state index >= 15 is 0 Å². The molecule has 0 spiro atoms. The van der Waals surface area contributed by atoms with Gasteiger partial charge in [-0.3, -0.25) is 10.0 Å². The molecular formula is C14H16N2O5S2. The number of sulfonamides is 1. The van der Waals surface area contributed by atoms with Crippen LogP contribution in [0.25, 0.3) is 0 Å². The Morgan fingerprint density at radius 1 is 1.48 bits per heavy atom. The Morgan fingerprint density at radius 3 is 2.78 bits per heavy atom.